The van der Waals surface area contributed by atoms with Gasteiger partial charge in [0.1, 0.15) is 0 Å². The molecule has 0 spiro atoms. The molecule has 0 saturated carbocycles. The van der Waals surface area contributed by atoms with Gasteiger partial charge in [0, 0.05) is 20.2 Å². The average Bonchev–Trinajstić information content (AvgIpc) is 3.43. The van der Waals surface area contributed by atoms with E-state index in [2.05, 4.69) is 111 Å². The highest BCUT2D eigenvalue weighted by atomic mass is 32.1. The molecule has 6 aromatic rings. The Hall–Kier alpha value is -3.68. The van der Waals surface area contributed by atoms with E-state index in [9.17, 15) is 0 Å². The zero-order valence-corrected chi connectivity index (χ0v) is 20.2. The molecule has 5 aromatic carbocycles. The van der Waals surface area contributed by atoms with Gasteiger partial charge in [-0.05, 0) is 88.0 Å². The van der Waals surface area contributed by atoms with Crippen LogP contribution >= 0.6 is 11.3 Å². The maximum absolute atomic E-state index is 2.40. The number of rotatable bonds is 2. The molecule has 34 heavy (non-hydrogen) atoms. The zero-order valence-electron chi connectivity index (χ0n) is 19.4. The van der Waals surface area contributed by atoms with Gasteiger partial charge in [-0.1, -0.05) is 84.9 Å². The Bertz CT molecular complexity index is 1730. The Balaban J connectivity index is 1.64. The monoisotopic (exact) mass is 452 g/mol. The second-order valence-corrected chi connectivity index (χ2v) is 10.5. The van der Waals surface area contributed by atoms with Gasteiger partial charge in [-0.2, -0.15) is 0 Å². The van der Waals surface area contributed by atoms with Gasteiger partial charge in [-0.25, -0.2) is 0 Å². The van der Waals surface area contributed by atoms with Crippen molar-refractivity contribution in [1.82, 2.24) is 0 Å². The van der Waals surface area contributed by atoms with Crippen molar-refractivity contribution in [1.29, 1.82) is 0 Å². The van der Waals surface area contributed by atoms with Crippen molar-refractivity contribution in [2.24, 2.45) is 0 Å². The van der Waals surface area contributed by atoms with E-state index >= 15 is 0 Å². The van der Waals surface area contributed by atoms with Crippen LogP contribution in [-0.4, -0.2) is 0 Å². The molecule has 162 valence electrons. The lowest BCUT2D eigenvalue weighted by Crippen LogP contribution is -1.97. The minimum atomic E-state index is 0.999. The van der Waals surface area contributed by atoms with Crippen molar-refractivity contribution in [2.45, 2.75) is 20.3 Å². The lowest BCUT2D eigenvalue weighted by atomic mass is 9.84. The third-order valence-electron chi connectivity index (χ3n) is 7.50. The van der Waals surface area contributed by atoms with Crippen LogP contribution in [0.4, 0.5) is 0 Å². The highest BCUT2D eigenvalue weighted by molar-refractivity contribution is 7.26. The summed E-state index contributed by atoms with van der Waals surface area (Å²) < 4.78 is 2.71. The quantitative estimate of drug-likeness (QED) is 0.245. The summed E-state index contributed by atoms with van der Waals surface area (Å²) in [6, 6.07) is 35.9. The van der Waals surface area contributed by atoms with Crippen LogP contribution < -0.4 is 0 Å². The zero-order chi connectivity index (χ0) is 22.8. The van der Waals surface area contributed by atoms with Crippen LogP contribution in [0.2, 0.25) is 0 Å². The molecule has 0 amide bonds. The van der Waals surface area contributed by atoms with Crippen molar-refractivity contribution in [3.05, 3.63) is 119 Å². The Kier molecular flexibility index (Phi) is 4.31. The minimum Gasteiger partial charge on any atom is -0.135 e. The fourth-order valence-corrected chi connectivity index (χ4v) is 6.93. The first-order valence-corrected chi connectivity index (χ1v) is 12.7. The molecule has 0 unspecified atom stereocenters. The van der Waals surface area contributed by atoms with Crippen molar-refractivity contribution in [2.75, 3.05) is 0 Å². The van der Waals surface area contributed by atoms with E-state index < -0.39 is 0 Å². The molecular formula is C33H24S. The molecule has 0 saturated heterocycles. The van der Waals surface area contributed by atoms with Gasteiger partial charge in [0.25, 0.3) is 0 Å². The van der Waals surface area contributed by atoms with E-state index in [1.54, 1.807) is 0 Å². The number of hydrogen-bond acceptors (Lipinski definition) is 1. The van der Waals surface area contributed by atoms with Crippen LogP contribution in [0.3, 0.4) is 0 Å². The Labute approximate surface area is 204 Å². The molecule has 1 heterocycles. The number of aryl methyl sites for hydroxylation is 1. The number of fused-ring (bicyclic) bond motifs is 6. The number of thiophene rings is 1. The van der Waals surface area contributed by atoms with Gasteiger partial charge in [0.2, 0.25) is 0 Å². The second kappa shape index (κ2) is 7.41. The lowest BCUT2D eigenvalue weighted by molar-refractivity contribution is 1.23. The first kappa shape index (κ1) is 19.8. The molecule has 1 aliphatic carbocycles. The molecule has 0 nitrogen and oxygen atoms in total. The molecule has 0 aliphatic heterocycles. The molecule has 0 atom stereocenters. The molecule has 0 bridgehead atoms. The summed E-state index contributed by atoms with van der Waals surface area (Å²) in [4.78, 5) is 0. The van der Waals surface area contributed by atoms with Crippen molar-refractivity contribution < 1.29 is 0 Å². The summed E-state index contributed by atoms with van der Waals surface area (Å²) in [6.07, 6.45) is 0.999. The third-order valence-corrected chi connectivity index (χ3v) is 8.64. The second-order valence-electron chi connectivity index (χ2n) is 9.38. The largest absolute Gasteiger partial charge is 0.135 e. The first-order valence-electron chi connectivity index (χ1n) is 11.9. The van der Waals surface area contributed by atoms with Crippen LogP contribution in [-0.2, 0) is 6.42 Å². The topological polar surface area (TPSA) is 0 Å². The lowest BCUT2D eigenvalue weighted by Gasteiger charge is -2.20. The smallest absolute Gasteiger partial charge is 0.0362 e. The normalized spacial score (nSPS) is 12.3. The maximum Gasteiger partial charge on any atom is 0.0362 e. The molecule has 0 radical (unpaired) electrons. The van der Waals surface area contributed by atoms with E-state index in [1.807, 2.05) is 11.3 Å². The van der Waals surface area contributed by atoms with Crippen LogP contribution in [0.5, 0.6) is 0 Å². The van der Waals surface area contributed by atoms with E-state index in [0.717, 1.165) is 6.42 Å². The predicted molar refractivity (Wildman–Crippen MR) is 148 cm³/mol. The average molecular weight is 453 g/mol. The summed E-state index contributed by atoms with van der Waals surface area (Å²) in [5.41, 5.74) is 13.9. The van der Waals surface area contributed by atoms with E-state index in [-0.39, 0.29) is 0 Å². The summed E-state index contributed by atoms with van der Waals surface area (Å²) >= 11 is 1.90. The van der Waals surface area contributed by atoms with Crippen molar-refractivity contribution in [3.63, 3.8) is 0 Å². The molecule has 1 aliphatic rings. The van der Waals surface area contributed by atoms with Crippen LogP contribution in [0.25, 0.3) is 53.6 Å². The van der Waals surface area contributed by atoms with Gasteiger partial charge in [-0.3, -0.25) is 0 Å². The molecule has 0 fully saturated rings. The Morgan fingerprint density at radius 3 is 2.26 bits per heavy atom. The first-order chi connectivity index (χ1) is 16.7. The molecule has 1 aromatic heterocycles. The van der Waals surface area contributed by atoms with Crippen molar-refractivity contribution in [3.8, 4) is 33.4 Å². The number of benzene rings is 5. The van der Waals surface area contributed by atoms with Gasteiger partial charge in [-0.15, -0.1) is 11.3 Å². The molecule has 0 N–H and O–H groups in total. The van der Waals surface area contributed by atoms with E-state index in [4.69, 9.17) is 0 Å². The standard InChI is InChI=1S/C33H24S/c1-20-18-27-24-13-7-6-12-23(24)19-28(27)31(21(20)2)26-16-17-30-33(25-14-8-9-15-29(25)34-30)32(26)22-10-4-3-5-11-22/h3-18H,19H2,1-2H3. The summed E-state index contributed by atoms with van der Waals surface area (Å²) in [5.74, 6) is 0. The summed E-state index contributed by atoms with van der Waals surface area (Å²) in [5, 5.41) is 2.74. The highest BCUT2D eigenvalue weighted by Gasteiger charge is 2.26. The third kappa shape index (κ3) is 2.77. The van der Waals surface area contributed by atoms with Gasteiger partial charge >= 0.3 is 0 Å². The van der Waals surface area contributed by atoms with Crippen LogP contribution in [0.15, 0.2) is 97.1 Å². The fourth-order valence-electron chi connectivity index (χ4n) is 5.82. The SMILES string of the molecule is Cc1cc2c(c(-c3ccc4sc5ccccc5c4c3-c3ccccc3)c1C)Cc1ccccc1-2. The van der Waals surface area contributed by atoms with Gasteiger partial charge < -0.3 is 0 Å². The van der Waals surface area contributed by atoms with E-state index in [0.29, 0.717) is 0 Å². The molecular weight excluding hydrogens is 428 g/mol. The van der Waals surface area contributed by atoms with Crippen molar-refractivity contribution >= 4 is 31.5 Å². The van der Waals surface area contributed by atoms with Gasteiger partial charge in [0.05, 0.1) is 0 Å². The molecule has 1 heteroatoms. The summed E-state index contributed by atoms with van der Waals surface area (Å²) in [6.45, 7) is 4.57. The highest BCUT2D eigenvalue weighted by Crippen LogP contribution is 2.50. The summed E-state index contributed by atoms with van der Waals surface area (Å²) in [7, 11) is 0. The van der Waals surface area contributed by atoms with E-state index in [1.165, 1.54) is 75.8 Å². The van der Waals surface area contributed by atoms with Crippen LogP contribution in [0, 0.1) is 13.8 Å². The Morgan fingerprint density at radius 2 is 1.38 bits per heavy atom. The van der Waals surface area contributed by atoms with Gasteiger partial charge in [0.15, 0.2) is 0 Å². The number of hydrogen-bond donors (Lipinski definition) is 0. The fraction of sp³-hybridized carbons (Fsp3) is 0.0909. The maximum atomic E-state index is 2.40. The van der Waals surface area contributed by atoms with Crippen LogP contribution in [0.1, 0.15) is 22.3 Å². The predicted octanol–water partition coefficient (Wildman–Crippen LogP) is 9.58. The Morgan fingerprint density at radius 1 is 0.618 bits per heavy atom. The minimum absolute atomic E-state index is 0.999. The molecule has 7 rings (SSSR count).